The molecule has 0 saturated carbocycles. The number of aromatic nitrogens is 3. The first kappa shape index (κ1) is 18.3. The minimum atomic E-state index is -0.232. The number of benzene rings is 1. The number of rotatable bonds is 6. The van der Waals surface area contributed by atoms with Crippen LogP contribution >= 0.6 is 11.8 Å². The molecule has 28 heavy (non-hydrogen) atoms. The molecule has 0 saturated heterocycles. The number of amides is 1. The van der Waals surface area contributed by atoms with Gasteiger partial charge in [0.15, 0.2) is 23.4 Å². The molecule has 9 heteroatoms. The fraction of sp³-hybridized carbons (Fsp3) is 0.263. The summed E-state index contributed by atoms with van der Waals surface area (Å²) in [5.41, 5.74) is 1.91. The van der Waals surface area contributed by atoms with Gasteiger partial charge in [-0.25, -0.2) is 0 Å². The van der Waals surface area contributed by atoms with Crippen LogP contribution in [0.3, 0.4) is 0 Å². The molecule has 0 atom stereocenters. The number of aryl methyl sites for hydroxylation is 1. The third-order valence-electron chi connectivity index (χ3n) is 4.40. The first-order chi connectivity index (χ1) is 13.6. The first-order valence-electron chi connectivity index (χ1n) is 8.77. The summed E-state index contributed by atoms with van der Waals surface area (Å²) < 4.78 is 12.6. The fourth-order valence-corrected chi connectivity index (χ4v) is 3.86. The van der Waals surface area contributed by atoms with Crippen LogP contribution in [0.5, 0.6) is 5.75 Å². The Morgan fingerprint density at radius 3 is 2.93 bits per heavy atom. The topological polar surface area (TPSA) is 99.2 Å². The predicted molar refractivity (Wildman–Crippen MR) is 104 cm³/mol. The second-order valence-corrected chi connectivity index (χ2v) is 7.14. The molecule has 0 radical (unpaired) electrons. The smallest absolute Gasteiger partial charge is 0.262 e. The number of carbonyl (C=O) groups is 2. The first-order valence-corrected chi connectivity index (χ1v) is 9.75. The van der Waals surface area contributed by atoms with Crippen molar-refractivity contribution in [3.63, 3.8) is 0 Å². The minimum absolute atomic E-state index is 0.0126. The van der Waals surface area contributed by atoms with E-state index in [2.05, 4.69) is 15.5 Å². The van der Waals surface area contributed by atoms with E-state index in [0.29, 0.717) is 28.7 Å². The predicted octanol–water partition coefficient (Wildman–Crippen LogP) is 3.17. The van der Waals surface area contributed by atoms with E-state index in [0.717, 1.165) is 17.1 Å². The van der Waals surface area contributed by atoms with Crippen molar-refractivity contribution in [2.24, 2.45) is 0 Å². The van der Waals surface area contributed by atoms with Crippen molar-refractivity contribution >= 4 is 29.1 Å². The molecule has 1 aliphatic rings. The van der Waals surface area contributed by atoms with Gasteiger partial charge in [0.2, 0.25) is 0 Å². The van der Waals surface area contributed by atoms with Gasteiger partial charge in [-0.2, -0.15) is 0 Å². The van der Waals surface area contributed by atoms with E-state index in [-0.39, 0.29) is 24.1 Å². The molecule has 0 unspecified atom stereocenters. The monoisotopic (exact) mass is 398 g/mol. The van der Waals surface area contributed by atoms with Crippen LogP contribution in [0.1, 0.15) is 23.0 Å². The summed E-state index contributed by atoms with van der Waals surface area (Å²) in [4.78, 5) is 24.1. The van der Waals surface area contributed by atoms with Crippen LogP contribution in [0.15, 0.2) is 40.1 Å². The molecular weight excluding hydrogens is 380 g/mol. The van der Waals surface area contributed by atoms with Gasteiger partial charge in [-0.15, -0.1) is 10.2 Å². The molecule has 0 spiro atoms. The Hall–Kier alpha value is -3.07. The number of nitrogens with zero attached hydrogens (tertiary/aromatic N) is 3. The van der Waals surface area contributed by atoms with Gasteiger partial charge in [0.1, 0.15) is 11.5 Å². The molecule has 1 N–H and O–H groups in total. The number of Topliss-reactive ketones (excluding diaryl/α,β-unsaturated/α-hetero) is 1. The maximum atomic E-state index is 12.6. The fourth-order valence-electron chi connectivity index (χ4n) is 2.97. The van der Waals surface area contributed by atoms with Crippen molar-refractivity contribution < 1.29 is 18.7 Å². The van der Waals surface area contributed by atoms with Gasteiger partial charge in [-0.1, -0.05) is 11.8 Å². The number of ether oxygens (including phenoxy) is 1. The van der Waals surface area contributed by atoms with Crippen molar-refractivity contribution in [1.82, 2.24) is 14.8 Å². The Kier molecular flexibility index (Phi) is 4.91. The van der Waals surface area contributed by atoms with Gasteiger partial charge in [-0.3, -0.25) is 9.59 Å². The summed E-state index contributed by atoms with van der Waals surface area (Å²) in [6, 6.07) is 6.89. The van der Waals surface area contributed by atoms with Crippen LogP contribution in [0.25, 0.3) is 11.4 Å². The van der Waals surface area contributed by atoms with Gasteiger partial charge >= 0.3 is 0 Å². The summed E-state index contributed by atoms with van der Waals surface area (Å²) in [5.74, 6) is 1.96. The molecule has 8 nitrogen and oxygen atoms in total. The lowest BCUT2D eigenvalue weighted by molar-refractivity contribution is -0.118. The van der Waals surface area contributed by atoms with Gasteiger partial charge in [0.05, 0.1) is 23.3 Å². The van der Waals surface area contributed by atoms with E-state index in [9.17, 15) is 9.59 Å². The van der Waals surface area contributed by atoms with E-state index < -0.39 is 0 Å². The number of furan rings is 1. The Labute approximate surface area is 165 Å². The molecule has 4 rings (SSSR count). The summed E-state index contributed by atoms with van der Waals surface area (Å²) in [7, 11) is 0. The third-order valence-corrected chi connectivity index (χ3v) is 5.37. The number of fused-ring (bicyclic) bond motifs is 1. The van der Waals surface area contributed by atoms with Crippen molar-refractivity contribution in [2.75, 3.05) is 17.7 Å². The van der Waals surface area contributed by atoms with Crippen molar-refractivity contribution in [1.29, 1.82) is 0 Å². The molecule has 1 aromatic carbocycles. The van der Waals surface area contributed by atoms with Gasteiger partial charge in [-0.05, 0) is 38.1 Å². The molecule has 2 aromatic heterocycles. The number of ketones is 1. The van der Waals surface area contributed by atoms with Gasteiger partial charge in [0, 0.05) is 12.1 Å². The number of anilines is 1. The Morgan fingerprint density at radius 2 is 2.18 bits per heavy atom. The number of carbonyl (C=O) groups excluding carboxylic acids is 2. The molecule has 1 amide bonds. The molecule has 3 aromatic rings. The Bertz CT molecular complexity index is 1060. The molecule has 144 valence electrons. The highest BCUT2D eigenvalue weighted by Gasteiger charge is 2.20. The summed E-state index contributed by atoms with van der Waals surface area (Å²) in [6.45, 7) is 4.53. The number of hydrogen-bond donors (Lipinski definition) is 1. The average molecular weight is 398 g/mol. The molecular formula is C19H18N4O4S. The standard InChI is InChI=1S/C19H18N4O4S/c1-3-23-18(13-6-7-26-11(13)2)21-22-19(23)28-10-15(24)12-4-5-16-14(8-12)20-17(25)9-27-16/h4-8H,3,9-10H2,1-2H3,(H,20,25). The average Bonchev–Trinajstić information content (AvgIpc) is 3.30. The van der Waals surface area contributed by atoms with Crippen LogP contribution in [-0.4, -0.2) is 38.8 Å². The second-order valence-electron chi connectivity index (χ2n) is 6.20. The zero-order valence-corrected chi connectivity index (χ0v) is 16.2. The molecule has 0 aliphatic carbocycles. The Morgan fingerprint density at radius 1 is 1.32 bits per heavy atom. The van der Waals surface area contributed by atoms with Crippen LogP contribution in [-0.2, 0) is 11.3 Å². The van der Waals surface area contributed by atoms with E-state index in [1.807, 2.05) is 24.5 Å². The van der Waals surface area contributed by atoms with Crippen molar-refractivity contribution in [2.45, 2.75) is 25.5 Å². The highest BCUT2D eigenvalue weighted by atomic mass is 32.2. The lowest BCUT2D eigenvalue weighted by Gasteiger charge is -2.18. The van der Waals surface area contributed by atoms with Crippen LogP contribution < -0.4 is 10.1 Å². The van der Waals surface area contributed by atoms with Crippen molar-refractivity contribution in [3.05, 3.63) is 41.9 Å². The van der Waals surface area contributed by atoms with E-state index in [4.69, 9.17) is 9.15 Å². The quantitative estimate of drug-likeness (QED) is 0.503. The van der Waals surface area contributed by atoms with E-state index >= 15 is 0 Å². The van der Waals surface area contributed by atoms with E-state index in [1.54, 1.807) is 24.5 Å². The highest BCUT2D eigenvalue weighted by Crippen LogP contribution is 2.30. The third kappa shape index (κ3) is 3.40. The lowest BCUT2D eigenvalue weighted by Crippen LogP contribution is -2.25. The molecule has 0 bridgehead atoms. The molecule has 1 aliphatic heterocycles. The minimum Gasteiger partial charge on any atom is -0.482 e. The van der Waals surface area contributed by atoms with Gasteiger partial charge < -0.3 is 19.0 Å². The second kappa shape index (κ2) is 7.51. The zero-order valence-electron chi connectivity index (χ0n) is 15.4. The Balaban J connectivity index is 1.50. The summed E-state index contributed by atoms with van der Waals surface area (Å²) in [5, 5.41) is 11.9. The molecule has 3 heterocycles. The van der Waals surface area contributed by atoms with Crippen LogP contribution in [0, 0.1) is 6.92 Å². The zero-order chi connectivity index (χ0) is 19.7. The normalized spacial score (nSPS) is 13.0. The largest absolute Gasteiger partial charge is 0.482 e. The lowest BCUT2D eigenvalue weighted by atomic mass is 10.1. The number of nitrogens with one attached hydrogen (secondary N) is 1. The summed E-state index contributed by atoms with van der Waals surface area (Å²) >= 11 is 1.33. The van der Waals surface area contributed by atoms with Gasteiger partial charge in [0.25, 0.3) is 5.91 Å². The van der Waals surface area contributed by atoms with Crippen LogP contribution in [0.4, 0.5) is 5.69 Å². The number of thioether (sulfide) groups is 1. The number of hydrogen-bond acceptors (Lipinski definition) is 7. The van der Waals surface area contributed by atoms with E-state index in [1.165, 1.54) is 11.8 Å². The molecule has 0 fully saturated rings. The summed E-state index contributed by atoms with van der Waals surface area (Å²) in [6.07, 6.45) is 1.62. The van der Waals surface area contributed by atoms with Crippen molar-refractivity contribution in [3.8, 4) is 17.1 Å². The maximum absolute atomic E-state index is 12.6. The highest BCUT2D eigenvalue weighted by molar-refractivity contribution is 7.99. The maximum Gasteiger partial charge on any atom is 0.262 e. The van der Waals surface area contributed by atoms with Crippen LogP contribution in [0.2, 0.25) is 0 Å². The SMILES string of the molecule is CCn1c(SCC(=O)c2ccc3c(c2)NC(=O)CO3)nnc1-c1ccoc1C.